The van der Waals surface area contributed by atoms with E-state index in [2.05, 4.69) is 47.3 Å². The summed E-state index contributed by atoms with van der Waals surface area (Å²) in [5.74, 6) is 0.693. The smallest absolute Gasteiger partial charge is 0.154 e. The van der Waals surface area contributed by atoms with Gasteiger partial charge in [0.2, 0.25) is 0 Å². The van der Waals surface area contributed by atoms with Crippen LogP contribution in [-0.2, 0) is 13.0 Å². The zero-order valence-corrected chi connectivity index (χ0v) is 15.3. The summed E-state index contributed by atoms with van der Waals surface area (Å²) in [5, 5.41) is 14.9. The van der Waals surface area contributed by atoms with Gasteiger partial charge in [-0.15, -0.1) is 0 Å². The summed E-state index contributed by atoms with van der Waals surface area (Å²) in [6.45, 7) is 2.10. The lowest BCUT2D eigenvalue weighted by atomic mass is 10.1. The van der Waals surface area contributed by atoms with Gasteiger partial charge >= 0.3 is 0 Å². The van der Waals surface area contributed by atoms with Crippen molar-refractivity contribution in [3.8, 4) is 17.1 Å². The lowest BCUT2D eigenvalue weighted by molar-refractivity contribution is 0.276. The topological polar surface area (TPSA) is 63.8 Å². The summed E-state index contributed by atoms with van der Waals surface area (Å²) in [6, 6.07) is 18.0. The van der Waals surface area contributed by atoms with Crippen molar-refractivity contribution < 1.29 is 5.11 Å². The fourth-order valence-electron chi connectivity index (χ4n) is 3.17. The van der Waals surface area contributed by atoms with Gasteiger partial charge in [-0.05, 0) is 43.2 Å². The third-order valence-electron chi connectivity index (χ3n) is 4.63. The van der Waals surface area contributed by atoms with Crippen LogP contribution in [0.3, 0.4) is 0 Å². The number of aliphatic hydroxyl groups excluding tert-OH is 1. The molecule has 0 fully saturated rings. The second-order valence-electron chi connectivity index (χ2n) is 6.59. The molecule has 3 heterocycles. The second-order valence-corrected chi connectivity index (χ2v) is 6.59. The SMILES string of the molecule is CCCCc1cccc(-c2ccc3cnn(-c4cccc(CO)n4)c3c2)n1. The van der Waals surface area contributed by atoms with Crippen LogP contribution in [0.15, 0.2) is 60.8 Å². The van der Waals surface area contributed by atoms with Gasteiger partial charge in [-0.2, -0.15) is 5.10 Å². The van der Waals surface area contributed by atoms with E-state index in [0.29, 0.717) is 11.5 Å². The summed E-state index contributed by atoms with van der Waals surface area (Å²) in [6.07, 6.45) is 5.14. The molecule has 4 rings (SSSR count). The molecule has 0 atom stereocenters. The number of hydrogen-bond acceptors (Lipinski definition) is 4. The molecule has 0 aliphatic carbocycles. The van der Waals surface area contributed by atoms with Crippen LogP contribution < -0.4 is 0 Å². The Labute approximate surface area is 158 Å². The maximum atomic E-state index is 9.35. The number of unbranched alkanes of at least 4 members (excludes halogenated alkanes) is 1. The predicted molar refractivity (Wildman–Crippen MR) is 107 cm³/mol. The van der Waals surface area contributed by atoms with Gasteiger partial charge in [0.05, 0.1) is 29.7 Å². The summed E-state index contributed by atoms with van der Waals surface area (Å²) >= 11 is 0. The molecule has 5 nitrogen and oxygen atoms in total. The summed E-state index contributed by atoms with van der Waals surface area (Å²) < 4.78 is 1.80. The van der Waals surface area contributed by atoms with E-state index in [1.165, 1.54) is 0 Å². The van der Waals surface area contributed by atoms with Crippen molar-refractivity contribution in [2.45, 2.75) is 32.8 Å². The molecule has 0 unspecified atom stereocenters. The molecule has 3 aromatic heterocycles. The molecule has 4 aromatic rings. The highest BCUT2D eigenvalue weighted by Crippen LogP contribution is 2.25. The van der Waals surface area contributed by atoms with Gasteiger partial charge in [0.15, 0.2) is 5.82 Å². The predicted octanol–water partition coefficient (Wildman–Crippen LogP) is 4.32. The van der Waals surface area contributed by atoms with Crippen molar-refractivity contribution in [2.24, 2.45) is 0 Å². The van der Waals surface area contributed by atoms with Crippen molar-refractivity contribution in [3.63, 3.8) is 0 Å². The Hall–Kier alpha value is -3.05. The highest BCUT2D eigenvalue weighted by Gasteiger charge is 2.09. The van der Waals surface area contributed by atoms with E-state index >= 15 is 0 Å². The Bertz CT molecular complexity index is 1070. The van der Waals surface area contributed by atoms with Gasteiger partial charge < -0.3 is 5.11 Å². The average molecular weight is 358 g/mol. The molecule has 0 aliphatic heterocycles. The van der Waals surface area contributed by atoms with E-state index in [1.54, 1.807) is 10.7 Å². The molecule has 0 saturated carbocycles. The standard InChI is InChI=1S/C22H22N4O/c1-2-3-6-18-7-4-9-20(24-18)16-11-12-17-14-23-26(21(17)13-16)22-10-5-8-19(15-27)25-22/h4-5,7-14,27H,2-3,6,15H2,1H3. The van der Waals surface area contributed by atoms with Crippen LogP contribution in [-0.4, -0.2) is 24.9 Å². The first-order chi connectivity index (χ1) is 13.3. The Morgan fingerprint density at radius 3 is 2.67 bits per heavy atom. The maximum Gasteiger partial charge on any atom is 0.154 e. The fourth-order valence-corrected chi connectivity index (χ4v) is 3.17. The van der Waals surface area contributed by atoms with Gasteiger partial charge in [0, 0.05) is 16.6 Å². The quantitative estimate of drug-likeness (QED) is 0.558. The second kappa shape index (κ2) is 7.68. The summed E-state index contributed by atoms with van der Waals surface area (Å²) in [7, 11) is 0. The van der Waals surface area contributed by atoms with E-state index in [1.807, 2.05) is 24.4 Å². The van der Waals surface area contributed by atoms with E-state index in [9.17, 15) is 5.11 Å². The molecule has 136 valence electrons. The van der Waals surface area contributed by atoms with Gasteiger partial charge in [-0.25, -0.2) is 9.67 Å². The summed E-state index contributed by atoms with van der Waals surface area (Å²) in [4.78, 5) is 9.29. The summed E-state index contributed by atoms with van der Waals surface area (Å²) in [5.41, 5.74) is 4.74. The van der Waals surface area contributed by atoms with Crippen LogP contribution in [0.25, 0.3) is 28.0 Å². The third kappa shape index (κ3) is 3.59. The van der Waals surface area contributed by atoms with Gasteiger partial charge in [-0.3, -0.25) is 4.98 Å². The number of aliphatic hydroxyl groups is 1. The number of nitrogens with zero attached hydrogens (tertiary/aromatic N) is 4. The number of aromatic nitrogens is 4. The molecule has 0 saturated heterocycles. The number of pyridine rings is 2. The number of aryl methyl sites for hydroxylation is 1. The number of fused-ring (bicyclic) bond motifs is 1. The van der Waals surface area contributed by atoms with Crippen molar-refractivity contribution in [3.05, 3.63) is 72.2 Å². The molecule has 0 spiro atoms. The number of benzene rings is 1. The van der Waals surface area contributed by atoms with E-state index in [-0.39, 0.29) is 6.61 Å². The molecule has 0 radical (unpaired) electrons. The lowest BCUT2D eigenvalue weighted by Gasteiger charge is -2.07. The molecule has 5 heteroatoms. The minimum atomic E-state index is -0.0905. The van der Waals surface area contributed by atoms with E-state index < -0.39 is 0 Å². The van der Waals surface area contributed by atoms with Crippen LogP contribution >= 0.6 is 0 Å². The van der Waals surface area contributed by atoms with E-state index in [0.717, 1.165) is 47.1 Å². The van der Waals surface area contributed by atoms with Gasteiger partial charge in [0.25, 0.3) is 0 Å². The van der Waals surface area contributed by atoms with Crippen molar-refractivity contribution in [1.82, 2.24) is 19.7 Å². The number of rotatable bonds is 6. The Balaban J connectivity index is 1.76. The Morgan fingerprint density at radius 1 is 0.963 bits per heavy atom. The van der Waals surface area contributed by atoms with Crippen molar-refractivity contribution >= 4 is 10.9 Å². The minimum Gasteiger partial charge on any atom is -0.390 e. The first-order valence-corrected chi connectivity index (χ1v) is 9.30. The van der Waals surface area contributed by atoms with Crippen molar-refractivity contribution in [1.29, 1.82) is 0 Å². The zero-order valence-electron chi connectivity index (χ0n) is 15.3. The minimum absolute atomic E-state index is 0.0905. The van der Waals surface area contributed by atoms with Crippen molar-refractivity contribution in [2.75, 3.05) is 0 Å². The number of hydrogen-bond donors (Lipinski definition) is 1. The highest BCUT2D eigenvalue weighted by atomic mass is 16.3. The molecule has 1 N–H and O–H groups in total. The molecule has 0 aliphatic rings. The molecule has 0 bridgehead atoms. The monoisotopic (exact) mass is 358 g/mol. The maximum absolute atomic E-state index is 9.35. The molecular formula is C22H22N4O. The molecule has 0 amide bonds. The van der Waals surface area contributed by atoms with Crippen LogP contribution in [0, 0.1) is 0 Å². The first kappa shape index (κ1) is 17.4. The normalized spacial score (nSPS) is 11.2. The Morgan fingerprint density at radius 2 is 1.81 bits per heavy atom. The first-order valence-electron chi connectivity index (χ1n) is 9.30. The lowest BCUT2D eigenvalue weighted by Crippen LogP contribution is -2.01. The molecule has 27 heavy (non-hydrogen) atoms. The fraction of sp³-hybridized carbons (Fsp3) is 0.227. The van der Waals surface area contributed by atoms with Crippen LogP contribution in [0.1, 0.15) is 31.2 Å². The van der Waals surface area contributed by atoms with Gasteiger partial charge in [-0.1, -0.05) is 37.6 Å². The van der Waals surface area contributed by atoms with Crippen LogP contribution in [0.5, 0.6) is 0 Å². The Kier molecular flexibility index (Phi) is 4.94. The molecular weight excluding hydrogens is 336 g/mol. The van der Waals surface area contributed by atoms with Gasteiger partial charge in [0.1, 0.15) is 0 Å². The highest BCUT2D eigenvalue weighted by molar-refractivity contribution is 5.84. The van der Waals surface area contributed by atoms with Crippen LogP contribution in [0.2, 0.25) is 0 Å². The average Bonchev–Trinajstić information content (AvgIpc) is 3.16. The van der Waals surface area contributed by atoms with Crippen LogP contribution in [0.4, 0.5) is 0 Å². The zero-order chi connectivity index (χ0) is 18.6. The van der Waals surface area contributed by atoms with E-state index in [4.69, 9.17) is 4.98 Å². The largest absolute Gasteiger partial charge is 0.390 e. The third-order valence-corrected chi connectivity index (χ3v) is 4.63. The molecule has 1 aromatic carbocycles.